The molecule has 8 heteroatoms. The number of nitrogens with one attached hydrogen (secondary N) is 1. The fourth-order valence-corrected chi connectivity index (χ4v) is 2.57. The molecule has 0 atom stereocenters. The summed E-state index contributed by atoms with van der Waals surface area (Å²) in [5, 5.41) is 14.3. The lowest BCUT2D eigenvalue weighted by Crippen LogP contribution is -2.13. The van der Waals surface area contributed by atoms with Crippen molar-refractivity contribution in [1.82, 2.24) is 4.98 Å². The Bertz CT molecular complexity index is 688. The summed E-state index contributed by atoms with van der Waals surface area (Å²) in [4.78, 5) is 26.2. The maximum atomic E-state index is 11.5. The summed E-state index contributed by atoms with van der Waals surface area (Å²) in [6, 6.07) is 5.15. The third-order valence-electron chi connectivity index (χ3n) is 2.50. The number of nitrogens with zero attached hydrogens (tertiary/aromatic N) is 1. The van der Waals surface area contributed by atoms with Crippen LogP contribution in [0.2, 0.25) is 10.0 Å². The smallest absolute Gasteiger partial charge is 0.303 e. The molecule has 0 bridgehead atoms. The van der Waals surface area contributed by atoms with Gasteiger partial charge in [-0.25, -0.2) is 4.98 Å². The molecule has 1 aromatic carbocycles. The average molecular weight is 345 g/mol. The number of carbonyl (C=O) groups excluding carboxylic acids is 1. The molecule has 1 aromatic heterocycles. The average Bonchev–Trinajstić information content (AvgIpc) is 2.88. The summed E-state index contributed by atoms with van der Waals surface area (Å²) in [5.41, 5.74) is 0.792. The van der Waals surface area contributed by atoms with Crippen LogP contribution in [0.1, 0.15) is 12.8 Å². The SMILES string of the molecule is O=C(O)CCC(=O)Nc1csc(-c2ccc(Cl)c(Cl)c2)n1. The number of aromatic nitrogens is 1. The second-order valence-electron chi connectivity index (χ2n) is 4.11. The first-order chi connectivity index (χ1) is 9.95. The number of aliphatic carboxylic acids is 1. The molecule has 2 N–H and O–H groups in total. The van der Waals surface area contributed by atoms with E-state index in [1.165, 1.54) is 11.3 Å². The van der Waals surface area contributed by atoms with Gasteiger partial charge in [0.25, 0.3) is 0 Å². The van der Waals surface area contributed by atoms with Crippen LogP contribution in [0, 0.1) is 0 Å². The highest BCUT2D eigenvalue weighted by Crippen LogP contribution is 2.31. The van der Waals surface area contributed by atoms with Crippen LogP contribution in [0.5, 0.6) is 0 Å². The molecule has 2 aromatic rings. The maximum absolute atomic E-state index is 11.5. The number of thiazole rings is 1. The lowest BCUT2D eigenvalue weighted by Gasteiger charge is -2.00. The number of hydrogen-bond acceptors (Lipinski definition) is 4. The molecule has 110 valence electrons. The number of rotatable bonds is 5. The molecule has 5 nitrogen and oxygen atoms in total. The number of halogens is 2. The number of amides is 1. The summed E-state index contributed by atoms with van der Waals surface area (Å²) in [5.74, 6) is -1.01. The van der Waals surface area contributed by atoms with E-state index in [1.807, 2.05) is 0 Å². The lowest BCUT2D eigenvalue weighted by atomic mass is 10.2. The van der Waals surface area contributed by atoms with Gasteiger partial charge in [-0.3, -0.25) is 9.59 Å². The fourth-order valence-electron chi connectivity index (χ4n) is 1.52. The first-order valence-electron chi connectivity index (χ1n) is 5.88. The van der Waals surface area contributed by atoms with Crippen LogP contribution in [0.3, 0.4) is 0 Å². The summed E-state index contributed by atoms with van der Waals surface area (Å²) in [7, 11) is 0. The second kappa shape index (κ2) is 6.89. The molecule has 1 heterocycles. The van der Waals surface area contributed by atoms with Crippen LogP contribution in [-0.4, -0.2) is 22.0 Å². The topological polar surface area (TPSA) is 79.3 Å². The van der Waals surface area contributed by atoms with Crippen LogP contribution >= 0.6 is 34.5 Å². The Hall–Kier alpha value is -1.63. The van der Waals surface area contributed by atoms with Gasteiger partial charge in [0.05, 0.1) is 16.5 Å². The number of benzene rings is 1. The van der Waals surface area contributed by atoms with Gasteiger partial charge in [-0.15, -0.1) is 11.3 Å². The summed E-state index contributed by atoms with van der Waals surface area (Å²) < 4.78 is 0. The number of carboxylic acid groups (broad SMARTS) is 1. The van der Waals surface area contributed by atoms with Crippen LogP contribution in [-0.2, 0) is 9.59 Å². The zero-order valence-corrected chi connectivity index (χ0v) is 12.9. The number of carbonyl (C=O) groups is 2. The van der Waals surface area contributed by atoms with Crippen molar-refractivity contribution in [1.29, 1.82) is 0 Å². The first-order valence-corrected chi connectivity index (χ1v) is 7.52. The van der Waals surface area contributed by atoms with Gasteiger partial charge in [-0.05, 0) is 12.1 Å². The van der Waals surface area contributed by atoms with Gasteiger partial charge in [0, 0.05) is 17.4 Å². The minimum absolute atomic E-state index is 0.0883. The molecule has 0 unspecified atom stereocenters. The van der Waals surface area contributed by atoms with Crippen LogP contribution < -0.4 is 5.32 Å². The highest BCUT2D eigenvalue weighted by atomic mass is 35.5. The zero-order valence-electron chi connectivity index (χ0n) is 10.6. The van der Waals surface area contributed by atoms with Crippen molar-refractivity contribution in [2.24, 2.45) is 0 Å². The van der Waals surface area contributed by atoms with Gasteiger partial charge in [0.15, 0.2) is 0 Å². The van der Waals surface area contributed by atoms with Gasteiger partial charge >= 0.3 is 5.97 Å². The Balaban J connectivity index is 2.05. The van der Waals surface area contributed by atoms with E-state index in [-0.39, 0.29) is 18.7 Å². The Morgan fingerprint density at radius 1 is 1.24 bits per heavy atom. The quantitative estimate of drug-likeness (QED) is 0.861. The van der Waals surface area contributed by atoms with E-state index in [0.717, 1.165) is 5.56 Å². The van der Waals surface area contributed by atoms with E-state index in [1.54, 1.807) is 23.6 Å². The lowest BCUT2D eigenvalue weighted by molar-refractivity contribution is -0.138. The molecular weight excluding hydrogens is 335 g/mol. The normalized spacial score (nSPS) is 10.4. The van der Waals surface area contributed by atoms with E-state index in [9.17, 15) is 9.59 Å². The van der Waals surface area contributed by atoms with Gasteiger partial charge in [0.2, 0.25) is 5.91 Å². The van der Waals surface area contributed by atoms with Crippen LogP contribution in [0.15, 0.2) is 23.6 Å². The predicted octanol–water partition coefficient (Wildman–Crippen LogP) is 3.92. The van der Waals surface area contributed by atoms with E-state index in [0.29, 0.717) is 20.9 Å². The third kappa shape index (κ3) is 4.42. The maximum Gasteiger partial charge on any atom is 0.303 e. The van der Waals surface area contributed by atoms with Gasteiger partial charge in [-0.1, -0.05) is 29.3 Å². The van der Waals surface area contributed by atoms with Crippen molar-refractivity contribution >= 4 is 52.2 Å². The van der Waals surface area contributed by atoms with E-state index in [2.05, 4.69) is 10.3 Å². The van der Waals surface area contributed by atoms with E-state index in [4.69, 9.17) is 28.3 Å². The van der Waals surface area contributed by atoms with Crippen LogP contribution in [0.25, 0.3) is 10.6 Å². The van der Waals surface area contributed by atoms with Crippen molar-refractivity contribution in [2.45, 2.75) is 12.8 Å². The second-order valence-corrected chi connectivity index (χ2v) is 5.78. The van der Waals surface area contributed by atoms with Crippen molar-refractivity contribution in [3.8, 4) is 10.6 Å². The Kier molecular flexibility index (Phi) is 5.17. The van der Waals surface area contributed by atoms with E-state index >= 15 is 0 Å². The zero-order chi connectivity index (χ0) is 15.4. The number of carboxylic acids is 1. The van der Waals surface area contributed by atoms with E-state index < -0.39 is 5.97 Å². The Morgan fingerprint density at radius 2 is 2.00 bits per heavy atom. The minimum Gasteiger partial charge on any atom is -0.481 e. The highest BCUT2D eigenvalue weighted by molar-refractivity contribution is 7.13. The third-order valence-corrected chi connectivity index (χ3v) is 4.13. The first kappa shape index (κ1) is 15.8. The van der Waals surface area contributed by atoms with Crippen molar-refractivity contribution in [3.63, 3.8) is 0 Å². The highest BCUT2D eigenvalue weighted by Gasteiger charge is 2.10. The van der Waals surface area contributed by atoms with Crippen molar-refractivity contribution < 1.29 is 14.7 Å². The molecule has 2 rings (SSSR count). The molecule has 0 aliphatic heterocycles. The summed E-state index contributed by atoms with van der Waals surface area (Å²) >= 11 is 13.1. The fraction of sp³-hybridized carbons (Fsp3) is 0.154. The molecule has 0 saturated carbocycles. The van der Waals surface area contributed by atoms with Gasteiger partial charge in [-0.2, -0.15) is 0 Å². The number of hydrogen-bond donors (Lipinski definition) is 2. The molecular formula is C13H10Cl2N2O3S. The minimum atomic E-state index is -1.01. The van der Waals surface area contributed by atoms with Gasteiger partial charge < -0.3 is 10.4 Å². The monoisotopic (exact) mass is 344 g/mol. The Labute approximate surface area is 134 Å². The Morgan fingerprint density at radius 3 is 2.67 bits per heavy atom. The molecule has 0 fully saturated rings. The predicted molar refractivity (Wildman–Crippen MR) is 83.1 cm³/mol. The van der Waals surface area contributed by atoms with Crippen molar-refractivity contribution in [3.05, 3.63) is 33.6 Å². The molecule has 0 aliphatic carbocycles. The molecule has 1 amide bonds. The molecule has 0 spiro atoms. The summed E-state index contributed by atoms with van der Waals surface area (Å²) in [6.07, 6.45) is -0.301. The molecule has 0 aliphatic rings. The molecule has 0 radical (unpaired) electrons. The molecule has 0 saturated heterocycles. The van der Waals surface area contributed by atoms with Crippen molar-refractivity contribution in [2.75, 3.05) is 5.32 Å². The van der Waals surface area contributed by atoms with Gasteiger partial charge in [0.1, 0.15) is 10.8 Å². The number of anilines is 1. The molecule has 21 heavy (non-hydrogen) atoms. The summed E-state index contributed by atoms with van der Waals surface area (Å²) in [6.45, 7) is 0. The largest absolute Gasteiger partial charge is 0.481 e. The standard InChI is InChI=1S/C13H10Cl2N2O3S/c14-8-2-1-7(5-9(8)15)13-17-10(6-21-13)16-11(18)3-4-12(19)20/h1-2,5-6H,3-4H2,(H,16,18)(H,19,20). The van der Waals surface area contributed by atoms with Crippen LogP contribution in [0.4, 0.5) is 5.82 Å².